The second-order valence-electron chi connectivity index (χ2n) is 5.99. The average molecular weight is 285 g/mol. The van der Waals surface area contributed by atoms with Crippen LogP contribution in [0.2, 0.25) is 0 Å². The van der Waals surface area contributed by atoms with E-state index in [4.69, 9.17) is 4.74 Å². The van der Waals surface area contributed by atoms with Gasteiger partial charge in [0.25, 0.3) is 0 Å². The van der Waals surface area contributed by atoms with Gasteiger partial charge in [0.05, 0.1) is 5.69 Å². The summed E-state index contributed by atoms with van der Waals surface area (Å²) in [5, 5.41) is 7.97. The number of hydrogen-bond donors (Lipinski definition) is 1. The monoisotopic (exact) mass is 285 g/mol. The molecule has 1 aromatic carbocycles. The Kier molecular flexibility index (Phi) is 3.72. The molecule has 0 unspecified atom stereocenters. The number of ether oxygens (including phenoxy) is 1. The molecule has 112 valence electrons. The Bertz CT molecular complexity index is 656. The number of aryl methyl sites for hydroxylation is 3. The Labute approximate surface area is 126 Å². The van der Waals surface area contributed by atoms with Crippen molar-refractivity contribution in [3.05, 3.63) is 40.7 Å². The van der Waals surface area contributed by atoms with Gasteiger partial charge in [-0.2, -0.15) is 5.10 Å². The first kappa shape index (κ1) is 14.1. The Balaban J connectivity index is 1.86. The molecule has 0 amide bonds. The first-order valence-corrected chi connectivity index (χ1v) is 7.55. The zero-order valence-electron chi connectivity index (χ0n) is 13.2. The van der Waals surface area contributed by atoms with Crippen LogP contribution >= 0.6 is 0 Å². The van der Waals surface area contributed by atoms with Crippen LogP contribution in [0.25, 0.3) is 0 Å². The highest BCUT2D eigenvalue weighted by molar-refractivity contribution is 5.43. The van der Waals surface area contributed by atoms with E-state index in [9.17, 15) is 0 Å². The van der Waals surface area contributed by atoms with E-state index in [1.165, 1.54) is 24.0 Å². The highest BCUT2D eigenvalue weighted by Gasteiger charge is 2.21. The third kappa shape index (κ3) is 3.10. The summed E-state index contributed by atoms with van der Waals surface area (Å²) in [4.78, 5) is 0. The molecule has 0 spiro atoms. The molecule has 4 nitrogen and oxygen atoms in total. The summed E-state index contributed by atoms with van der Waals surface area (Å²) in [5.74, 6) is 1.79. The van der Waals surface area contributed by atoms with E-state index in [-0.39, 0.29) is 0 Å². The summed E-state index contributed by atoms with van der Waals surface area (Å²) in [6, 6.07) is 7.05. The van der Waals surface area contributed by atoms with Crippen LogP contribution in [0.3, 0.4) is 0 Å². The van der Waals surface area contributed by atoms with E-state index in [0.717, 1.165) is 29.4 Å². The van der Waals surface area contributed by atoms with Crippen LogP contribution in [0, 0.1) is 20.8 Å². The minimum atomic E-state index is 0.695. The van der Waals surface area contributed by atoms with Gasteiger partial charge in [0.1, 0.15) is 11.4 Å². The topological polar surface area (TPSA) is 39.1 Å². The van der Waals surface area contributed by atoms with Crippen LogP contribution in [0.1, 0.15) is 35.4 Å². The van der Waals surface area contributed by atoms with Crippen LogP contribution < -0.4 is 10.1 Å². The van der Waals surface area contributed by atoms with Gasteiger partial charge < -0.3 is 10.1 Å². The predicted molar refractivity (Wildman–Crippen MR) is 83.8 cm³/mol. The Morgan fingerprint density at radius 1 is 1.29 bits per heavy atom. The van der Waals surface area contributed by atoms with Crippen molar-refractivity contribution in [3.63, 3.8) is 0 Å². The van der Waals surface area contributed by atoms with Gasteiger partial charge >= 0.3 is 0 Å². The van der Waals surface area contributed by atoms with E-state index >= 15 is 0 Å². The summed E-state index contributed by atoms with van der Waals surface area (Å²) in [6.45, 7) is 7.00. The van der Waals surface area contributed by atoms with Crippen molar-refractivity contribution in [2.45, 2.75) is 46.2 Å². The summed E-state index contributed by atoms with van der Waals surface area (Å²) < 4.78 is 8.04. The van der Waals surface area contributed by atoms with Gasteiger partial charge in [-0.15, -0.1) is 0 Å². The number of hydrogen-bond acceptors (Lipinski definition) is 3. The minimum absolute atomic E-state index is 0.695. The van der Waals surface area contributed by atoms with Gasteiger partial charge in [-0.25, -0.2) is 0 Å². The second-order valence-corrected chi connectivity index (χ2v) is 5.99. The van der Waals surface area contributed by atoms with Crippen molar-refractivity contribution in [3.8, 4) is 11.5 Å². The van der Waals surface area contributed by atoms with Crippen LogP contribution in [-0.2, 0) is 13.6 Å². The lowest BCUT2D eigenvalue weighted by atomic mass is 10.1. The van der Waals surface area contributed by atoms with Crippen molar-refractivity contribution >= 4 is 0 Å². The van der Waals surface area contributed by atoms with Gasteiger partial charge in [-0.1, -0.05) is 17.7 Å². The quantitative estimate of drug-likeness (QED) is 0.915. The van der Waals surface area contributed by atoms with Crippen molar-refractivity contribution in [1.82, 2.24) is 15.1 Å². The molecule has 0 atom stereocenters. The smallest absolute Gasteiger partial charge is 0.171 e. The van der Waals surface area contributed by atoms with Gasteiger partial charge in [0.2, 0.25) is 0 Å². The fourth-order valence-electron chi connectivity index (χ4n) is 2.50. The first-order chi connectivity index (χ1) is 10.0. The fraction of sp³-hybridized carbons (Fsp3) is 0.471. The molecule has 1 saturated carbocycles. The van der Waals surface area contributed by atoms with Gasteiger partial charge in [-0.05, 0) is 39.7 Å². The molecule has 0 bridgehead atoms. The minimum Gasteiger partial charge on any atom is -0.453 e. The lowest BCUT2D eigenvalue weighted by Gasteiger charge is -2.13. The average Bonchev–Trinajstić information content (AvgIpc) is 3.23. The SMILES string of the molecule is Cc1ccc(Oc2c(C)nn(C)c2C)c(CNC2CC2)c1. The second kappa shape index (κ2) is 5.53. The van der Waals surface area contributed by atoms with Crippen molar-refractivity contribution in [1.29, 1.82) is 0 Å². The van der Waals surface area contributed by atoms with Gasteiger partial charge in [-0.3, -0.25) is 4.68 Å². The highest BCUT2D eigenvalue weighted by atomic mass is 16.5. The number of nitrogens with zero attached hydrogens (tertiary/aromatic N) is 2. The molecule has 1 aromatic heterocycles. The van der Waals surface area contributed by atoms with Crippen LogP contribution in [0.15, 0.2) is 18.2 Å². The molecule has 4 heteroatoms. The Morgan fingerprint density at radius 2 is 2.05 bits per heavy atom. The maximum absolute atomic E-state index is 6.18. The molecule has 1 heterocycles. The van der Waals surface area contributed by atoms with E-state index in [1.807, 2.05) is 25.6 Å². The Hall–Kier alpha value is -1.81. The summed E-state index contributed by atoms with van der Waals surface area (Å²) in [5.41, 5.74) is 4.45. The van der Waals surface area contributed by atoms with E-state index < -0.39 is 0 Å². The number of nitrogens with one attached hydrogen (secondary N) is 1. The van der Waals surface area contributed by atoms with Crippen molar-refractivity contribution < 1.29 is 4.74 Å². The molecule has 1 aliphatic carbocycles. The summed E-state index contributed by atoms with van der Waals surface area (Å²) >= 11 is 0. The first-order valence-electron chi connectivity index (χ1n) is 7.55. The molecular weight excluding hydrogens is 262 g/mol. The highest BCUT2D eigenvalue weighted by Crippen LogP contribution is 2.31. The number of aromatic nitrogens is 2. The summed E-state index contributed by atoms with van der Waals surface area (Å²) in [7, 11) is 1.94. The maximum atomic E-state index is 6.18. The third-order valence-corrected chi connectivity index (χ3v) is 4.03. The van der Waals surface area contributed by atoms with Crippen LogP contribution in [-0.4, -0.2) is 15.8 Å². The zero-order valence-corrected chi connectivity index (χ0v) is 13.2. The molecule has 1 N–H and O–H groups in total. The summed E-state index contributed by atoms with van der Waals surface area (Å²) in [6.07, 6.45) is 2.59. The molecule has 1 aliphatic rings. The van der Waals surface area contributed by atoms with Gasteiger partial charge in [0.15, 0.2) is 5.75 Å². The van der Waals surface area contributed by atoms with E-state index in [1.54, 1.807) is 0 Å². The molecule has 21 heavy (non-hydrogen) atoms. The van der Waals surface area contributed by atoms with Crippen molar-refractivity contribution in [2.24, 2.45) is 7.05 Å². The van der Waals surface area contributed by atoms with E-state index in [2.05, 4.69) is 35.5 Å². The van der Waals surface area contributed by atoms with Gasteiger partial charge in [0, 0.05) is 25.2 Å². The Morgan fingerprint density at radius 3 is 2.67 bits per heavy atom. The normalized spacial score (nSPS) is 14.5. The predicted octanol–water partition coefficient (Wildman–Crippen LogP) is 3.39. The standard InChI is InChI=1S/C17H23N3O/c1-11-5-8-16(14(9-11)10-18-15-6-7-15)21-17-12(2)19-20(4)13(17)3/h5,8-9,15,18H,6-7,10H2,1-4H3. The van der Waals surface area contributed by atoms with Crippen LogP contribution in [0.4, 0.5) is 0 Å². The molecule has 0 aliphatic heterocycles. The lowest BCUT2D eigenvalue weighted by molar-refractivity contribution is 0.464. The molecule has 0 radical (unpaired) electrons. The molecular formula is C17H23N3O. The van der Waals surface area contributed by atoms with E-state index in [0.29, 0.717) is 6.04 Å². The maximum Gasteiger partial charge on any atom is 0.171 e. The fourth-order valence-corrected chi connectivity index (χ4v) is 2.50. The number of benzene rings is 1. The largest absolute Gasteiger partial charge is 0.453 e. The zero-order chi connectivity index (χ0) is 15.0. The van der Waals surface area contributed by atoms with Crippen molar-refractivity contribution in [2.75, 3.05) is 0 Å². The third-order valence-electron chi connectivity index (χ3n) is 4.03. The molecule has 0 saturated heterocycles. The molecule has 1 fully saturated rings. The number of rotatable bonds is 5. The molecule has 2 aromatic rings. The van der Waals surface area contributed by atoms with Crippen LogP contribution in [0.5, 0.6) is 11.5 Å². The lowest BCUT2D eigenvalue weighted by Crippen LogP contribution is -2.15. The molecule has 3 rings (SSSR count).